The van der Waals surface area contributed by atoms with Gasteiger partial charge in [0.05, 0.1) is 36.7 Å². The van der Waals surface area contributed by atoms with Crippen LogP contribution in [0.3, 0.4) is 0 Å². The van der Waals surface area contributed by atoms with Crippen molar-refractivity contribution in [1.82, 2.24) is 4.98 Å². The molecule has 23 heavy (non-hydrogen) atoms. The minimum Gasteiger partial charge on any atom is -0.465 e. The summed E-state index contributed by atoms with van der Waals surface area (Å²) in [6.07, 6.45) is 0. The topological polar surface area (TPSA) is 65.5 Å². The maximum absolute atomic E-state index is 12.3. The van der Waals surface area contributed by atoms with Crippen molar-refractivity contribution >= 4 is 11.9 Å². The highest BCUT2D eigenvalue weighted by atomic mass is 16.5. The SMILES string of the molecule is COC(=O)c1c(C)nc(C)c(C(=O)OC)c1-c1ccccc1C. The molecule has 1 heterocycles. The number of aryl methyl sites for hydroxylation is 3. The number of hydrogen-bond donors (Lipinski definition) is 0. The quantitative estimate of drug-likeness (QED) is 0.814. The van der Waals surface area contributed by atoms with Gasteiger partial charge in [0, 0.05) is 5.56 Å². The van der Waals surface area contributed by atoms with Gasteiger partial charge in [0.2, 0.25) is 0 Å². The molecule has 0 N–H and O–H groups in total. The van der Waals surface area contributed by atoms with Gasteiger partial charge in [-0.1, -0.05) is 24.3 Å². The lowest BCUT2D eigenvalue weighted by molar-refractivity contribution is 0.0599. The Morgan fingerprint density at radius 2 is 1.35 bits per heavy atom. The van der Waals surface area contributed by atoms with Gasteiger partial charge in [0.25, 0.3) is 0 Å². The van der Waals surface area contributed by atoms with Gasteiger partial charge in [-0.25, -0.2) is 9.59 Å². The van der Waals surface area contributed by atoms with E-state index < -0.39 is 11.9 Å². The Hall–Kier alpha value is -2.69. The van der Waals surface area contributed by atoms with E-state index in [1.54, 1.807) is 13.8 Å². The number of ether oxygens (including phenoxy) is 2. The first-order valence-corrected chi connectivity index (χ1v) is 7.16. The summed E-state index contributed by atoms with van der Waals surface area (Å²) in [6.45, 7) is 5.37. The zero-order chi connectivity index (χ0) is 17.1. The molecule has 0 bridgehead atoms. The fraction of sp³-hybridized carbons (Fsp3) is 0.278. The van der Waals surface area contributed by atoms with Gasteiger partial charge < -0.3 is 9.47 Å². The maximum atomic E-state index is 12.3. The Morgan fingerprint density at radius 3 is 1.78 bits per heavy atom. The first kappa shape index (κ1) is 16.7. The number of nitrogens with zero attached hydrogens (tertiary/aromatic N) is 1. The molecule has 0 unspecified atom stereocenters. The number of pyridine rings is 1. The summed E-state index contributed by atoms with van der Waals surface area (Å²) in [5, 5.41) is 0. The smallest absolute Gasteiger partial charge is 0.340 e. The highest BCUT2D eigenvalue weighted by Gasteiger charge is 2.27. The van der Waals surface area contributed by atoms with Crippen LogP contribution in [0.5, 0.6) is 0 Å². The largest absolute Gasteiger partial charge is 0.465 e. The summed E-state index contributed by atoms with van der Waals surface area (Å²) in [7, 11) is 2.61. The molecule has 2 aromatic rings. The summed E-state index contributed by atoms with van der Waals surface area (Å²) in [5.41, 5.74) is 3.82. The Morgan fingerprint density at radius 1 is 0.870 bits per heavy atom. The molecule has 0 spiro atoms. The monoisotopic (exact) mass is 313 g/mol. The van der Waals surface area contributed by atoms with Crippen molar-refractivity contribution in [3.05, 3.63) is 52.3 Å². The molecule has 0 aliphatic carbocycles. The van der Waals surface area contributed by atoms with Crippen LogP contribution in [-0.4, -0.2) is 31.1 Å². The molecule has 0 fully saturated rings. The normalized spacial score (nSPS) is 10.3. The summed E-state index contributed by atoms with van der Waals surface area (Å²) in [4.78, 5) is 28.9. The van der Waals surface area contributed by atoms with Crippen LogP contribution in [0.15, 0.2) is 24.3 Å². The highest BCUT2D eigenvalue weighted by molar-refractivity contribution is 6.07. The molecule has 5 heteroatoms. The van der Waals surface area contributed by atoms with Gasteiger partial charge in [-0.3, -0.25) is 4.98 Å². The molecular formula is C18H19NO4. The lowest BCUT2D eigenvalue weighted by Gasteiger charge is -2.18. The molecule has 0 radical (unpaired) electrons. The summed E-state index contributed by atoms with van der Waals surface area (Å²) in [6, 6.07) is 7.54. The predicted octanol–water partition coefficient (Wildman–Crippen LogP) is 3.25. The number of hydrogen-bond acceptors (Lipinski definition) is 5. The number of esters is 2. The van der Waals surface area contributed by atoms with Gasteiger partial charge in [0.15, 0.2) is 0 Å². The van der Waals surface area contributed by atoms with E-state index in [1.807, 2.05) is 31.2 Å². The minimum atomic E-state index is -0.529. The van der Waals surface area contributed by atoms with Gasteiger partial charge in [-0.15, -0.1) is 0 Å². The van der Waals surface area contributed by atoms with Crippen molar-refractivity contribution in [1.29, 1.82) is 0 Å². The molecule has 1 aromatic heterocycles. The van der Waals surface area contributed by atoms with E-state index in [9.17, 15) is 9.59 Å². The molecule has 0 amide bonds. The summed E-state index contributed by atoms with van der Waals surface area (Å²) >= 11 is 0. The Kier molecular flexibility index (Phi) is 4.79. The van der Waals surface area contributed by atoms with E-state index in [0.29, 0.717) is 17.0 Å². The third-order valence-corrected chi connectivity index (χ3v) is 3.75. The first-order valence-electron chi connectivity index (χ1n) is 7.16. The van der Waals surface area contributed by atoms with E-state index in [0.717, 1.165) is 11.1 Å². The molecule has 0 atom stereocenters. The number of carbonyl (C=O) groups is 2. The Labute approximate surface area is 135 Å². The average Bonchev–Trinajstić information content (AvgIpc) is 2.53. The van der Waals surface area contributed by atoms with E-state index >= 15 is 0 Å². The van der Waals surface area contributed by atoms with Crippen molar-refractivity contribution in [2.45, 2.75) is 20.8 Å². The lowest BCUT2D eigenvalue weighted by atomic mass is 9.90. The zero-order valence-electron chi connectivity index (χ0n) is 13.9. The number of benzene rings is 1. The van der Waals surface area contributed by atoms with Crippen molar-refractivity contribution in [3.8, 4) is 11.1 Å². The minimum absolute atomic E-state index is 0.285. The van der Waals surface area contributed by atoms with Crippen molar-refractivity contribution in [2.24, 2.45) is 0 Å². The molecule has 0 saturated carbocycles. The van der Waals surface area contributed by atoms with Crippen LogP contribution in [0.4, 0.5) is 0 Å². The van der Waals surface area contributed by atoms with Crippen molar-refractivity contribution in [2.75, 3.05) is 14.2 Å². The van der Waals surface area contributed by atoms with Crippen molar-refractivity contribution < 1.29 is 19.1 Å². The average molecular weight is 313 g/mol. The number of carbonyl (C=O) groups excluding carboxylic acids is 2. The standard InChI is InChI=1S/C18H19NO4/c1-10-8-6-7-9-13(10)16-14(17(20)22-4)11(2)19-12(3)15(16)18(21)23-5/h6-9H,1-5H3. The van der Waals surface area contributed by atoms with Gasteiger partial charge in [0.1, 0.15) is 0 Å². The molecule has 0 aliphatic rings. The van der Waals surface area contributed by atoms with Crippen molar-refractivity contribution in [3.63, 3.8) is 0 Å². The third-order valence-electron chi connectivity index (χ3n) is 3.75. The van der Waals surface area contributed by atoms with E-state index in [1.165, 1.54) is 14.2 Å². The van der Waals surface area contributed by atoms with Crippen LogP contribution in [0, 0.1) is 20.8 Å². The molecule has 0 saturated heterocycles. The lowest BCUT2D eigenvalue weighted by Crippen LogP contribution is -2.16. The van der Waals surface area contributed by atoms with Crippen LogP contribution in [0.1, 0.15) is 37.7 Å². The van der Waals surface area contributed by atoms with Crippen LogP contribution in [-0.2, 0) is 9.47 Å². The van der Waals surface area contributed by atoms with Crippen LogP contribution in [0.2, 0.25) is 0 Å². The fourth-order valence-corrected chi connectivity index (χ4v) is 2.68. The van der Waals surface area contributed by atoms with E-state index in [4.69, 9.17) is 9.47 Å². The second-order valence-electron chi connectivity index (χ2n) is 5.21. The van der Waals surface area contributed by atoms with Gasteiger partial charge >= 0.3 is 11.9 Å². The third kappa shape index (κ3) is 2.95. The number of aromatic nitrogens is 1. The Balaban J connectivity index is 2.97. The molecule has 2 rings (SSSR count). The number of methoxy groups -OCH3 is 2. The molecule has 120 valence electrons. The van der Waals surface area contributed by atoms with Crippen LogP contribution in [0.25, 0.3) is 11.1 Å². The molecule has 5 nitrogen and oxygen atoms in total. The van der Waals surface area contributed by atoms with Gasteiger partial charge in [-0.05, 0) is 31.9 Å². The van der Waals surface area contributed by atoms with Crippen LogP contribution >= 0.6 is 0 Å². The highest BCUT2D eigenvalue weighted by Crippen LogP contribution is 2.34. The summed E-state index contributed by atoms with van der Waals surface area (Å²) in [5.74, 6) is -1.06. The number of rotatable bonds is 3. The molecule has 1 aromatic carbocycles. The fourth-order valence-electron chi connectivity index (χ4n) is 2.68. The maximum Gasteiger partial charge on any atom is 0.340 e. The second-order valence-corrected chi connectivity index (χ2v) is 5.21. The summed E-state index contributed by atoms with van der Waals surface area (Å²) < 4.78 is 9.79. The predicted molar refractivity (Wildman–Crippen MR) is 86.6 cm³/mol. The van der Waals surface area contributed by atoms with E-state index in [-0.39, 0.29) is 11.1 Å². The first-order chi connectivity index (χ1) is 10.9. The molecular weight excluding hydrogens is 294 g/mol. The second kappa shape index (κ2) is 6.60. The van der Waals surface area contributed by atoms with Gasteiger partial charge in [-0.2, -0.15) is 0 Å². The van der Waals surface area contributed by atoms with E-state index in [2.05, 4.69) is 4.98 Å². The molecule has 0 aliphatic heterocycles. The zero-order valence-corrected chi connectivity index (χ0v) is 13.9. The Bertz CT molecular complexity index is 741. The van der Waals surface area contributed by atoms with Crippen LogP contribution < -0.4 is 0 Å².